The van der Waals surface area contributed by atoms with Crippen LogP contribution in [-0.4, -0.2) is 27.1 Å². The number of rotatable bonds is 3. The molecule has 0 bridgehead atoms. The van der Waals surface area contributed by atoms with E-state index in [1.54, 1.807) is 12.0 Å². The minimum absolute atomic E-state index is 0.0551. The number of nitrogens with zero attached hydrogens (tertiary/aromatic N) is 2. The normalized spacial score (nSPS) is 13.3. The number of methoxy groups -OCH3 is 1. The van der Waals surface area contributed by atoms with Gasteiger partial charge in [-0.25, -0.2) is 0 Å². The highest BCUT2D eigenvalue weighted by Gasteiger charge is 2.31. The van der Waals surface area contributed by atoms with E-state index >= 15 is 0 Å². The molecule has 0 unspecified atom stereocenters. The van der Waals surface area contributed by atoms with Crippen molar-refractivity contribution in [3.05, 3.63) is 53.6 Å². The molecule has 0 atom stereocenters. The van der Waals surface area contributed by atoms with Crippen LogP contribution >= 0.6 is 0 Å². The predicted molar refractivity (Wildman–Crippen MR) is 84.3 cm³/mol. The number of hydrogen-bond donors (Lipinski definition) is 0. The van der Waals surface area contributed by atoms with E-state index in [4.69, 9.17) is 4.74 Å². The van der Waals surface area contributed by atoms with Crippen LogP contribution in [-0.2, 0) is 6.54 Å². The van der Waals surface area contributed by atoms with Crippen molar-refractivity contribution >= 4 is 17.3 Å². The average Bonchev–Trinajstić information content (AvgIpc) is 2.84. The first-order chi connectivity index (χ1) is 10.1. The highest BCUT2D eigenvalue weighted by Crippen LogP contribution is 2.34. The standard InChI is InChI=1S/C17H18N2O2/c1-18(2)15-6-4-5-12-11-19(17(20)16(12)15)13-7-9-14(21-3)10-8-13/h4-10H,11H2,1-3H3. The molecule has 0 N–H and O–H groups in total. The molecule has 0 fully saturated rings. The molecule has 0 aliphatic carbocycles. The summed E-state index contributed by atoms with van der Waals surface area (Å²) >= 11 is 0. The summed E-state index contributed by atoms with van der Waals surface area (Å²) in [6, 6.07) is 13.6. The van der Waals surface area contributed by atoms with Crippen LogP contribution in [0.2, 0.25) is 0 Å². The molecule has 0 saturated carbocycles. The molecule has 1 aliphatic rings. The van der Waals surface area contributed by atoms with Crippen molar-refractivity contribution in [3.8, 4) is 5.75 Å². The maximum absolute atomic E-state index is 12.7. The van der Waals surface area contributed by atoms with Gasteiger partial charge >= 0.3 is 0 Å². The molecule has 0 saturated heterocycles. The van der Waals surface area contributed by atoms with Crippen LogP contribution in [0.5, 0.6) is 5.75 Å². The summed E-state index contributed by atoms with van der Waals surface area (Å²) in [5.41, 5.74) is 3.73. The first-order valence-electron chi connectivity index (χ1n) is 6.87. The molecule has 21 heavy (non-hydrogen) atoms. The number of fused-ring (bicyclic) bond motifs is 1. The number of benzene rings is 2. The number of carbonyl (C=O) groups is 1. The SMILES string of the molecule is COc1ccc(N2Cc3cccc(N(C)C)c3C2=O)cc1. The molecule has 4 nitrogen and oxygen atoms in total. The molecule has 3 rings (SSSR count). The third-order valence-electron chi connectivity index (χ3n) is 3.78. The smallest absolute Gasteiger partial charge is 0.261 e. The maximum Gasteiger partial charge on any atom is 0.261 e. The fraction of sp³-hybridized carbons (Fsp3) is 0.235. The van der Waals surface area contributed by atoms with E-state index in [2.05, 4.69) is 0 Å². The Morgan fingerprint density at radius 3 is 2.43 bits per heavy atom. The summed E-state index contributed by atoms with van der Waals surface area (Å²) in [4.78, 5) is 16.5. The Morgan fingerprint density at radius 2 is 1.81 bits per heavy atom. The van der Waals surface area contributed by atoms with Gasteiger partial charge in [-0.1, -0.05) is 12.1 Å². The third-order valence-corrected chi connectivity index (χ3v) is 3.78. The third kappa shape index (κ3) is 2.23. The predicted octanol–water partition coefficient (Wildman–Crippen LogP) is 2.92. The van der Waals surface area contributed by atoms with Gasteiger partial charge in [-0.3, -0.25) is 4.79 Å². The van der Waals surface area contributed by atoms with E-state index in [0.29, 0.717) is 6.54 Å². The largest absolute Gasteiger partial charge is 0.497 e. The molecular weight excluding hydrogens is 264 g/mol. The van der Waals surface area contributed by atoms with E-state index in [1.807, 2.05) is 61.5 Å². The van der Waals surface area contributed by atoms with E-state index in [-0.39, 0.29) is 5.91 Å². The zero-order valence-corrected chi connectivity index (χ0v) is 12.5. The Balaban J connectivity index is 1.98. The van der Waals surface area contributed by atoms with Crippen molar-refractivity contribution in [1.29, 1.82) is 0 Å². The molecule has 0 radical (unpaired) electrons. The Bertz CT molecular complexity index is 678. The summed E-state index contributed by atoms with van der Waals surface area (Å²) in [6.07, 6.45) is 0. The fourth-order valence-corrected chi connectivity index (χ4v) is 2.69. The van der Waals surface area contributed by atoms with E-state index in [0.717, 1.165) is 28.3 Å². The Kier molecular flexibility index (Phi) is 3.29. The van der Waals surface area contributed by atoms with Gasteiger partial charge in [0.2, 0.25) is 0 Å². The molecule has 108 valence electrons. The highest BCUT2D eigenvalue weighted by molar-refractivity contribution is 6.13. The average molecular weight is 282 g/mol. The topological polar surface area (TPSA) is 32.8 Å². The molecule has 0 aromatic heterocycles. The van der Waals surface area contributed by atoms with Crippen molar-refractivity contribution in [2.75, 3.05) is 31.0 Å². The highest BCUT2D eigenvalue weighted by atomic mass is 16.5. The molecular formula is C17H18N2O2. The lowest BCUT2D eigenvalue weighted by atomic mass is 10.1. The van der Waals surface area contributed by atoms with Crippen molar-refractivity contribution in [2.45, 2.75) is 6.54 Å². The summed E-state index contributed by atoms with van der Waals surface area (Å²) in [5, 5.41) is 0. The number of anilines is 2. The molecule has 4 heteroatoms. The lowest BCUT2D eigenvalue weighted by Gasteiger charge is -2.18. The van der Waals surface area contributed by atoms with Crippen LogP contribution in [0.1, 0.15) is 15.9 Å². The lowest BCUT2D eigenvalue weighted by molar-refractivity contribution is 0.0997. The van der Waals surface area contributed by atoms with E-state index in [9.17, 15) is 4.79 Å². The van der Waals surface area contributed by atoms with Gasteiger partial charge < -0.3 is 14.5 Å². The van der Waals surface area contributed by atoms with Gasteiger partial charge in [-0.2, -0.15) is 0 Å². The van der Waals surface area contributed by atoms with Gasteiger partial charge in [0.15, 0.2) is 0 Å². The maximum atomic E-state index is 12.7. The Hall–Kier alpha value is -2.49. The van der Waals surface area contributed by atoms with Gasteiger partial charge in [0.1, 0.15) is 5.75 Å². The van der Waals surface area contributed by atoms with Gasteiger partial charge in [-0.15, -0.1) is 0 Å². The van der Waals surface area contributed by atoms with Crippen LogP contribution in [0, 0.1) is 0 Å². The minimum Gasteiger partial charge on any atom is -0.497 e. The molecule has 2 aromatic rings. The van der Waals surface area contributed by atoms with Gasteiger partial charge in [-0.05, 0) is 35.9 Å². The summed E-state index contributed by atoms with van der Waals surface area (Å²) in [6.45, 7) is 0.613. The van der Waals surface area contributed by atoms with Gasteiger partial charge in [0.05, 0.1) is 19.2 Å². The fourth-order valence-electron chi connectivity index (χ4n) is 2.69. The minimum atomic E-state index is 0.0551. The second-order valence-electron chi connectivity index (χ2n) is 5.30. The van der Waals surface area contributed by atoms with Gasteiger partial charge in [0.25, 0.3) is 5.91 Å². The monoisotopic (exact) mass is 282 g/mol. The Labute approximate surface area is 124 Å². The molecule has 1 amide bonds. The number of carbonyl (C=O) groups excluding carboxylic acids is 1. The lowest BCUT2D eigenvalue weighted by Crippen LogP contribution is -2.24. The summed E-state index contributed by atoms with van der Waals surface area (Å²) < 4.78 is 5.16. The molecule has 2 aromatic carbocycles. The van der Waals surface area contributed by atoms with Crippen LogP contribution in [0.25, 0.3) is 0 Å². The van der Waals surface area contributed by atoms with Crippen molar-refractivity contribution in [3.63, 3.8) is 0 Å². The number of ether oxygens (including phenoxy) is 1. The number of hydrogen-bond acceptors (Lipinski definition) is 3. The van der Waals surface area contributed by atoms with Crippen molar-refractivity contribution in [2.24, 2.45) is 0 Å². The zero-order valence-electron chi connectivity index (χ0n) is 12.5. The quantitative estimate of drug-likeness (QED) is 0.867. The first kappa shape index (κ1) is 13.5. The van der Waals surface area contributed by atoms with Crippen molar-refractivity contribution in [1.82, 2.24) is 0 Å². The van der Waals surface area contributed by atoms with Crippen LogP contribution in [0.3, 0.4) is 0 Å². The van der Waals surface area contributed by atoms with Crippen LogP contribution < -0.4 is 14.5 Å². The van der Waals surface area contributed by atoms with Crippen LogP contribution in [0.15, 0.2) is 42.5 Å². The molecule has 1 heterocycles. The van der Waals surface area contributed by atoms with E-state index in [1.165, 1.54) is 0 Å². The Morgan fingerprint density at radius 1 is 1.10 bits per heavy atom. The van der Waals surface area contributed by atoms with Crippen molar-refractivity contribution < 1.29 is 9.53 Å². The molecule has 0 spiro atoms. The van der Waals surface area contributed by atoms with E-state index < -0.39 is 0 Å². The summed E-state index contributed by atoms with van der Waals surface area (Å²) in [5.74, 6) is 0.844. The van der Waals surface area contributed by atoms with Crippen LogP contribution in [0.4, 0.5) is 11.4 Å². The number of amides is 1. The first-order valence-corrected chi connectivity index (χ1v) is 6.87. The molecule has 1 aliphatic heterocycles. The zero-order chi connectivity index (χ0) is 15.0. The summed E-state index contributed by atoms with van der Waals surface area (Å²) in [7, 11) is 5.55. The second-order valence-corrected chi connectivity index (χ2v) is 5.30. The second kappa shape index (κ2) is 5.13. The van der Waals surface area contributed by atoms with Gasteiger partial charge in [0, 0.05) is 25.5 Å².